The third-order valence-corrected chi connectivity index (χ3v) is 2.88. The Kier molecular flexibility index (Phi) is 6.07. The van der Waals surface area contributed by atoms with Crippen LogP contribution in [0.4, 0.5) is 9.18 Å². The van der Waals surface area contributed by atoms with Gasteiger partial charge in [0.2, 0.25) is 0 Å². The van der Waals surface area contributed by atoms with E-state index >= 15 is 0 Å². The van der Waals surface area contributed by atoms with Gasteiger partial charge in [-0.3, -0.25) is 0 Å². The van der Waals surface area contributed by atoms with Gasteiger partial charge >= 0.3 is 6.03 Å². The molecule has 0 aliphatic heterocycles. The van der Waals surface area contributed by atoms with Gasteiger partial charge in [0.15, 0.2) is 0 Å². The van der Waals surface area contributed by atoms with Crippen LogP contribution in [-0.2, 0) is 6.54 Å². The molecule has 0 heterocycles. The molecule has 0 spiro atoms. The number of aliphatic hydroxyl groups excluding tert-OH is 1. The molecular weight excluding hydrogens is 303 g/mol. The molecule has 2 amide bonds. The summed E-state index contributed by atoms with van der Waals surface area (Å²) >= 11 is 3.24. The molecule has 6 heteroatoms. The van der Waals surface area contributed by atoms with Gasteiger partial charge in [-0.15, -0.1) is 0 Å². The van der Waals surface area contributed by atoms with Gasteiger partial charge in [0.25, 0.3) is 0 Å². The predicted molar refractivity (Wildman–Crippen MR) is 70.6 cm³/mol. The lowest BCUT2D eigenvalue weighted by Gasteiger charge is -2.13. The van der Waals surface area contributed by atoms with Gasteiger partial charge < -0.3 is 15.7 Å². The van der Waals surface area contributed by atoms with E-state index in [9.17, 15) is 9.18 Å². The van der Waals surface area contributed by atoms with E-state index in [2.05, 4.69) is 26.6 Å². The number of urea groups is 1. The molecule has 0 radical (unpaired) electrons. The van der Waals surface area contributed by atoms with Crippen molar-refractivity contribution >= 4 is 22.0 Å². The summed E-state index contributed by atoms with van der Waals surface area (Å²) in [7, 11) is 0. The van der Waals surface area contributed by atoms with Gasteiger partial charge in [-0.25, -0.2) is 9.18 Å². The average molecular weight is 319 g/mol. The van der Waals surface area contributed by atoms with Crippen LogP contribution >= 0.6 is 15.9 Å². The average Bonchev–Trinajstić information content (AvgIpc) is 2.30. The zero-order valence-corrected chi connectivity index (χ0v) is 11.6. The molecule has 0 saturated heterocycles. The van der Waals surface area contributed by atoms with E-state index in [1.807, 2.05) is 0 Å². The van der Waals surface area contributed by atoms with Gasteiger partial charge in [-0.2, -0.15) is 0 Å². The molecule has 0 aliphatic carbocycles. The van der Waals surface area contributed by atoms with Gasteiger partial charge in [-0.1, -0.05) is 15.9 Å². The summed E-state index contributed by atoms with van der Waals surface area (Å²) in [6.07, 6.45) is 0.485. The lowest BCUT2D eigenvalue weighted by atomic mass is 10.2. The largest absolute Gasteiger partial charge is 0.396 e. The van der Waals surface area contributed by atoms with E-state index in [0.717, 1.165) is 4.47 Å². The summed E-state index contributed by atoms with van der Waals surface area (Å²) in [6, 6.07) is 4.06. The minimum atomic E-state index is -0.379. The van der Waals surface area contributed by atoms with Crippen molar-refractivity contribution in [3.8, 4) is 0 Å². The van der Waals surface area contributed by atoms with Crippen molar-refractivity contribution in [1.29, 1.82) is 0 Å². The number of halogens is 2. The van der Waals surface area contributed by atoms with Crippen LogP contribution in [-0.4, -0.2) is 23.8 Å². The summed E-state index contributed by atoms with van der Waals surface area (Å²) in [5.74, 6) is -0.359. The molecule has 1 atom stereocenters. The van der Waals surface area contributed by atoms with Crippen molar-refractivity contribution in [2.24, 2.45) is 0 Å². The molecule has 100 valence electrons. The molecule has 0 aromatic heterocycles. The second-order valence-electron chi connectivity index (χ2n) is 3.98. The molecule has 4 nitrogen and oxygen atoms in total. The maximum absolute atomic E-state index is 13.4. The lowest BCUT2D eigenvalue weighted by Crippen LogP contribution is -2.40. The lowest BCUT2D eigenvalue weighted by molar-refractivity contribution is 0.230. The zero-order valence-electron chi connectivity index (χ0n) is 10.0. The normalized spacial score (nSPS) is 12.0. The van der Waals surface area contributed by atoms with Gasteiger partial charge in [0.05, 0.1) is 0 Å². The standard InChI is InChI=1S/C12H16BrFN2O2/c1-8(4-5-17)16-12(18)15-7-9-6-10(13)2-3-11(9)14/h2-3,6,8,17H,4-5,7H2,1H3,(H2,15,16,18)/t8-/m1/s1. The maximum Gasteiger partial charge on any atom is 0.315 e. The second kappa shape index (κ2) is 7.33. The number of benzene rings is 1. The van der Waals surface area contributed by atoms with Crippen LogP contribution in [0.1, 0.15) is 18.9 Å². The fourth-order valence-corrected chi connectivity index (χ4v) is 1.80. The highest BCUT2D eigenvalue weighted by Gasteiger charge is 2.08. The Morgan fingerprint density at radius 1 is 1.56 bits per heavy atom. The highest BCUT2D eigenvalue weighted by Crippen LogP contribution is 2.15. The van der Waals surface area contributed by atoms with E-state index in [4.69, 9.17) is 5.11 Å². The number of amides is 2. The van der Waals surface area contributed by atoms with E-state index in [0.29, 0.717) is 12.0 Å². The quantitative estimate of drug-likeness (QED) is 0.779. The summed E-state index contributed by atoms with van der Waals surface area (Å²) in [4.78, 5) is 11.5. The van der Waals surface area contributed by atoms with Crippen molar-refractivity contribution in [3.63, 3.8) is 0 Å². The molecule has 0 bridgehead atoms. The Morgan fingerprint density at radius 3 is 2.94 bits per heavy atom. The highest BCUT2D eigenvalue weighted by molar-refractivity contribution is 9.10. The van der Waals surface area contributed by atoms with Crippen LogP contribution in [0.25, 0.3) is 0 Å². The summed E-state index contributed by atoms with van der Waals surface area (Å²) < 4.78 is 14.1. The number of rotatable bonds is 5. The van der Waals surface area contributed by atoms with Gasteiger partial charge in [0, 0.05) is 29.2 Å². The van der Waals surface area contributed by atoms with E-state index in [1.165, 1.54) is 6.07 Å². The Labute approximate surface area is 114 Å². The highest BCUT2D eigenvalue weighted by atomic mass is 79.9. The van der Waals surface area contributed by atoms with E-state index in [1.54, 1.807) is 19.1 Å². The summed E-state index contributed by atoms with van der Waals surface area (Å²) in [5, 5.41) is 13.9. The molecule has 3 N–H and O–H groups in total. The molecule has 1 aromatic carbocycles. The first-order valence-electron chi connectivity index (χ1n) is 5.62. The van der Waals surface area contributed by atoms with Crippen molar-refractivity contribution in [2.75, 3.05) is 6.61 Å². The molecule has 0 aliphatic rings. The van der Waals surface area contributed by atoms with Crippen molar-refractivity contribution < 1.29 is 14.3 Å². The molecule has 18 heavy (non-hydrogen) atoms. The van der Waals surface area contributed by atoms with Crippen LogP contribution in [0, 0.1) is 5.82 Å². The molecule has 0 saturated carbocycles. The molecule has 1 rings (SSSR count). The molecular formula is C12H16BrFN2O2. The number of carbonyl (C=O) groups is 1. The van der Waals surface area contributed by atoms with Crippen LogP contribution < -0.4 is 10.6 Å². The first-order chi connectivity index (χ1) is 8.52. The molecule has 0 unspecified atom stereocenters. The van der Waals surface area contributed by atoms with Gasteiger partial charge in [0.1, 0.15) is 5.82 Å². The maximum atomic E-state index is 13.4. The monoisotopic (exact) mass is 318 g/mol. The van der Waals surface area contributed by atoms with Gasteiger partial charge in [-0.05, 0) is 31.5 Å². The van der Waals surface area contributed by atoms with Crippen LogP contribution in [0.2, 0.25) is 0 Å². The minimum Gasteiger partial charge on any atom is -0.396 e. The molecule has 0 fully saturated rings. The number of carbonyl (C=O) groups excluding carboxylic acids is 1. The number of hydrogen-bond donors (Lipinski definition) is 3. The Hall–Kier alpha value is -1.14. The number of nitrogens with one attached hydrogen (secondary N) is 2. The van der Waals surface area contributed by atoms with Crippen molar-refractivity contribution in [2.45, 2.75) is 25.9 Å². The van der Waals surface area contributed by atoms with E-state index in [-0.39, 0.29) is 31.0 Å². The van der Waals surface area contributed by atoms with E-state index < -0.39 is 0 Å². The van der Waals surface area contributed by atoms with Crippen LogP contribution in [0.5, 0.6) is 0 Å². The second-order valence-corrected chi connectivity index (χ2v) is 4.89. The van der Waals surface area contributed by atoms with Crippen LogP contribution in [0.3, 0.4) is 0 Å². The topological polar surface area (TPSA) is 61.4 Å². The van der Waals surface area contributed by atoms with Crippen LogP contribution in [0.15, 0.2) is 22.7 Å². The van der Waals surface area contributed by atoms with Crippen molar-refractivity contribution in [1.82, 2.24) is 10.6 Å². The third-order valence-electron chi connectivity index (χ3n) is 2.39. The first-order valence-corrected chi connectivity index (χ1v) is 6.41. The zero-order chi connectivity index (χ0) is 13.5. The fourth-order valence-electron chi connectivity index (χ4n) is 1.39. The Bertz CT molecular complexity index is 415. The Balaban J connectivity index is 2.45. The number of aliphatic hydroxyl groups is 1. The minimum absolute atomic E-state index is 0.0156. The first kappa shape index (κ1) is 14.9. The number of hydrogen-bond acceptors (Lipinski definition) is 2. The summed E-state index contributed by atoms with van der Waals surface area (Å²) in [5.41, 5.74) is 0.411. The SMILES string of the molecule is C[C@H](CCO)NC(=O)NCc1cc(Br)ccc1F. The third kappa shape index (κ3) is 5.01. The fraction of sp³-hybridized carbons (Fsp3) is 0.417. The summed E-state index contributed by atoms with van der Waals surface area (Å²) in [6.45, 7) is 1.92. The predicted octanol–water partition coefficient (Wildman–Crippen LogP) is 2.16. The molecule has 1 aromatic rings. The smallest absolute Gasteiger partial charge is 0.315 e. The Morgan fingerprint density at radius 2 is 2.28 bits per heavy atom. The van der Waals surface area contributed by atoms with Crippen molar-refractivity contribution in [3.05, 3.63) is 34.1 Å².